The molecule has 8 nitrogen and oxygen atoms in total. The summed E-state index contributed by atoms with van der Waals surface area (Å²) in [5.41, 5.74) is 1.92. The molecule has 3 fully saturated rings. The number of allylic oxidation sites excluding steroid dienone is 2. The Morgan fingerprint density at radius 2 is 2.05 bits per heavy atom. The van der Waals surface area contributed by atoms with Crippen molar-refractivity contribution < 1.29 is 9.53 Å². The lowest BCUT2D eigenvalue weighted by atomic mass is 9.84. The minimum Gasteiger partial charge on any atom is -0.371 e. The van der Waals surface area contributed by atoms with E-state index in [0.717, 1.165) is 82.0 Å². The topological polar surface area (TPSA) is 64.5 Å². The molecule has 1 aromatic heterocycles. The predicted octanol–water partition coefficient (Wildman–Crippen LogP) is 5.16. The van der Waals surface area contributed by atoms with E-state index in [1.165, 1.54) is 18.4 Å². The van der Waals surface area contributed by atoms with E-state index in [1.54, 1.807) is 0 Å². The second-order valence-corrected chi connectivity index (χ2v) is 12.6. The van der Waals surface area contributed by atoms with Crippen molar-refractivity contribution in [2.75, 3.05) is 63.2 Å². The maximum atomic E-state index is 13.2. The summed E-state index contributed by atoms with van der Waals surface area (Å²) in [6.07, 6.45) is 13.8. The monoisotopic (exact) mass is 582 g/mol. The maximum Gasteiger partial charge on any atom is 0.215 e. The zero-order chi connectivity index (χ0) is 29.1. The van der Waals surface area contributed by atoms with Crippen molar-refractivity contribution in [3.05, 3.63) is 40.5 Å². The molecule has 1 spiro atoms. The van der Waals surface area contributed by atoms with E-state index in [9.17, 15) is 4.79 Å². The first-order valence-corrected chi connectivity index (χ1v) is 15.8. The quantitative estimate of drug-likeness (QED) is 0.251. The minimum absolute atomic E-state index is 0.110. The Morgan fingerprint density at radius 3 is 2.71 bits per heavy atom. The molecule has 4 aliphatic rings. The maximum absolute atomic E-state index is 13.2. The fourth-order valence-electron chi connectivity index (χ4n) is 7.38. The number of anilines is 2. The number of morpholine rings is 1. The van der Waals surface area contributed by atoms with Gasteiger partial charge in [0, 0.05) is 51.7 Å². The van der Waals surface area contributed by atoms with Crippen LogP contribution >= 0.6 is 11.6 Å². The van der Waals surface area contributed by atoms with Gasteiger partial charge >= 0.3 is 0 Å². The Bertz CT molecular complexity index is 1190. The second-order valence-electron chi connectivity index (χ2n) is 12.2. The molecule has 2 saturated heterocycles. The number of pyridine rings is 1. The first kappa shape index (κ1) is 30.1. The molecular weight excluding hydrogens is 536 g/mol. The lowest BCUT2D eigenvalue weighted by Gasteiger charge is -2.43. The van der Waals surface area contributed by atoms with Gasteiger partial charge in [0.25, 0.3) is 0 Å². The van der Waals surface area contributed by atoms with E-state index >= 15 is 0 Å². The van der Waals surface area contributed by atoms with Crippen LogP contribution in [0.3, 0.4) is 0 Å². The first-order chi connectivity index (χ1) is 19.8. The van der Waals surface area contributed by atoms with Gasteiger partial charge in [-0.05, 0) is 51.3 Å². The summed E-state index contributed by atoms with van der Waals surface area (Å²) in [6.45, 7) is 11.5. The van der Waals surface area contributed by atoms with E-state index in [2.05, 4.69) is 60.7 Å². The lowest BCUT2D eigenvalue weighted by molar-refractivity contribution is -0.108. The Kier molecular flexibility index (Phi) is 9.41. The van der Waals surface area contributed by atoms with Crippen molar-refractivity contribution in [1.29, 1.82) is 0 Å². The van der Waals surface area contributed by atoms with Gasteiger partial charge in [0.1, 0.15) is 17.5 Å². The molecule has 0 aromatic carbocycles. The highest BCUT2D eigenvalue weighted by atomic mass is 35.5. The Balaban J connectivity index is 1.63. The van der Waals surface area contributed by atoms with Crippen LogP contribution in [0.5, 0.6) is 0 Å². The first-order valence-electron chi connectivity index (χ1n) is 15.5. The number of piperazine rings is 1. The molecule has 224 valence electrons. The molecule has 0 N–H and O–H groups in total. The van der Waals surface area contributed by atoms with Gasteiger partial charge in [-0.25, -0.2) is 4.98 Å². The molecular formula is C32H47ClN6O2. The average Bonchev–Trinajstić information content (AvgIpc) is 3.42. The van der Waals surface area contributed by atoms with Gasteiger partial charge in [0.05, 0.1) is 28.8 Å². The van der Waals surface area contributed by atoms with Gasteiger partial charge in [-0.1, -0.05) is 56.5 Å². The fraction of sp³-hybridized carbons (Fsp3) is 0.656. The second kappa shape index (κ2) is 12.8. The molecule has 2 aliphatic heterocycles. The van der Waals surface area contributed by atoms with E-state index in [0.29, 0.717) is 17.4 Å². The highest BCUT2D eigenvalue weighted by Crippen LogP contribution is 2.41. The lowest BCUT2D eigenvalue weighted by Crippen LogP contribution is -2.53. The van der Waals surface area contributed by atoms with Crippen LogP contribution in [0.25, 0.3) is 0 Å². The number of hydrogen-bond acceptors (Lipinski definition) is 6. The van der Waals surface area contributed by atoms with Gasteiger partial charge in [-0.3, -0.25) is 14.7 Å². The van der Waals surface area contributed by atoms with E-state index in [-0.39, 0.29) is 23.6 Å². The summed E-state index contributed by atoms with van der Waals surface area (Å²) in [6, 6.07) is 2.16. The van der Waals surface area contributed by atoms with Crippen molar-refractivity contribution >= 4 is 35.5 Å². The zero-order valence-corrected chi connectivity index (χ0v) is 26.2. The van der Waals surface area contributed by atoms with Crippen LogP contribution in [0.1, 0.15) is 64.9 Å². The molecule has 1 aromatic rings. The van der Waals surface area contributed by atoms with E-state index in [4.69, 9.17) is 26.3 Å². The third-order valence-electron chi connectivity index (χ3n) is 9.55. The fourth-order valence-corrected chi connectivity index (χ4v) is 7.65. The number of aromatic nitrogens is 1. The number of rotatable bonds is 7. The van der Waals surface area contributed by atoms with Crippen LogP contribution in [-0.4, -0.2) is 98.1 Å². The summed E-state index contributed by atoms with van der Waals surface area (Å²) >= 11 is 7.12. The number of nitrogens with zero attached hydrogens (tertiary/aromatic N) is 6. The largest absolute Gasteiger partial charge is 0.371 e. The van der Waals surface area contributed by atoms with Crippen LogP contribution < -0.4 is 9.80 Å². The summed E-state index contributed by atoms with van der Waals surface area (Å²) in [5.74, 6) is 2.40. The van der Waals surface area contributed by atoms with Crippen LogP contribution in [0.4, 0.5) is 11.6 Å². The predicted molar refractivity (Wildman–Crippen MR) is 168 cm³/mol. The highest BCUT2D eigenvalue weighted by Gasteiger charge is 2.41. The molecule has 9 heteroatoms. The number of aliphatic imine (C=N–C) groups is 1. The SMILES string of the molecule is CCC1=CC=CC(CC)C1N(C=O)c1nc(N2CCOC3(CCCC3)C2)c(Cl)cc1C(=NC)N1CCN(C)CC1C. The summed E-state index contributed by atoms with van der Waals surface area (Å²) in [4.78, 5) is 32.1. The molecule has 5 rings (SSSR count). The number of amidine groups is 1. The summed E-state index contributed by atoms with van der Waals surface area (Å²) in [7, 11) is 3.99. The smallest absolute Gasteiger partial charge is 0.215 e. The number of carbonyl (C=O) groups excluding carboxylic acids is 1. The van der Waals surface area contributed by atoms with Crippen molar-refractivity contribution in [3.8, 4) is 0 Å². The molecule has 0 bridgehead atoms. The van der Waals surface area contributed by atoms with Crippen molar-refractivity contribution in [3.63, 3.8) is 0 Å². The molecule has 1 amide bonds. The Labute approximate surface area is 251 Å². The van der Waals surface area contributed by atoms with Crippen LogP contribution in [0.15, 0.2) is 34.9 Å². The zero-order valence-electron chi connectivity index (χ0n) is 25.5. The molecule has 2 aliphatic carbocycles. The van der Waals surface area contributed by atoms with Crippen LogP contribution in [-0.2, 0) is 9.53 Å². The summed E-state index contributed by atoms with van der Waals surface area (Å²) < 4.78 is 6.32. The van der Waals surface area contributed by atoms with Gasteiger partial charge in [0.2, 0.25) is 6.41 Å². The van der Waals surface area contributed by atoms with Gasteiger partial charge in [0.15, 0.2) is 0 Å². The van der Waals surface area contributed by atoms with Crippen LogP contribution in [0.2, 0.25) is 5.02 Å². The minimum atomic E-state index is -0.128. The number of halogens is 1. The number of ether oxygens (including phenoxy) is 1. The van der Waals surface area contributed by atoms with Gasteiger partial charge in [-0.2, -0.15) is 0 Å². The highest BCUT2D eigenvalue weighted by molar-refractivity contribution is 6.33. The van der Waals surface area contributed by atoms with Crippen molar-refractivity contribution in [1.82, 2.24) is 14.8 Å². The Hall–Kier alpha value is -2.42. The number of likely N-dealkylation sites (N-methyl/N-ethyl adjacent to an activating group) is 1. The normalized spacial score (nSPS) is 26.9. The third-order valence-corrected chi connectivity index (χ3v) is 9.83. The molecule has 0 radical (unpaired) electrons. The molecule has 3 unspecified atom stereocenters. The number of carbonyl (C=O) groups is 1. The van der Waals surface area contributed by atoms with Crippen molar-refractivity contribution in [2.24, 2.45) is 10.9 Å². The number of amides is 1. The third kappa shape index (κ3) is 5.93. The molecule has 41 heavy (non-hydrogen) atoms. The molecule has 3 atom stereocenters. The summed E-state index contributed by atoms with van der Waals surface area (Å²) in [5, 5.41) is 0.592. The average molecular weight is 583 g/mol. The van der Waals surface area contributed by atoms with Crippen molar-refractivity contribution in [2.45, 2.75) is 77.0 Å². The molecule has 3 heterocycles. The standard InChI is InChI=1S/C32H47ClN6O2/c1-6-24-11-10-12-25(7-2)28(24)39(22-40)30-26(29(34-4)38-16-15-36(5)20-23(38)3)19-27(33)31(35-30)37-17-18-41-32(21-37)13-8-9-14-32/h10-12,19,22-24,28H,6-9,13-18,20-21H2,1-5H3. The Morgan fingerprint density at radius 1 is 1.27 bits per heavy atom. The van der Waals surface area contributed by atoms with E-state index < -0.39 is 0 Å². The van der Waals surface area contributed by atoms with Gasteiger partial charge in [-0.15, -0.1) is 0 Å². The molecule has 1 saturated carbocycles. The van der Waals surface area contributed by atoms with E-state index in [1.807, 2.05) is 18.0 Å². The number of hydrogen-bond donors (Lipinski definition) is 0. The van der Waals surface area contributed by atoms with Crippen LogP contribution in [0, 0.1) is 5.92 Å². The van der Waals surface area contributed by atoms with Gasteiger partial charge < -0.3 is 19.4 Å².